The van der Waals surface area contributed by atoms with Gasteiger partial charge in [0.15, 0.2) is 4.80 Å². The fourth-order valence-corrected chi connectivity index (χ4v) is 3.93. The fraction of sp³-hybridized carbons (Fsp3) is 0.100. The number of thiazole rings is 1. The highest BCUT2D eigenvalue weighted by Crippen LogP contribution is 2.19. The number of nitrogens with zero attached hydrogens (tertiary/aromatic N) is 3. The Morgan fingerprint density at radius 2 is 1.85 bits per heavy atom. The van der Waals surface area contributed by atoms with Crippen LogP contribution >= 0.6 is 27.3 Å². The van der Waals surface area contributed by atoms with Crippen LogP contribution in [0.4, 0.5) is 5.69 Å². The molecule has 0 saturated carbocycles. The molecule has 4 nitrogen and oxygen atoms in total. The molecule has 130 valence electrons. The topological polar surface area (TPSA) is 37.6 Å². The van der Waals surface area contributed by atoms with Gasteiger partial charge in [0, 0.05) is 10.2 Å². The molecule has 4 rings (SSSR count). The first kappa shape index (κ1) is 17.0. The molecule has 0 aliphatic carbocycles. The van der Waals surface area contributed by atoms with Crippen molar-refractivity contribution in [2.75, 3.05) is 11.6 Å². The van der Waals surface area contributed by atoms with Gasteiger partial charge in [0.25, 0.3) is 5.56 Å². The molecule has 0 radical (unpaired) electrons. The molecule has 0 N–H and O–H groups in total. The maximum absolute atomic E-state index is 12.7. The number of fused-ring (bicyclic) bond motifs is 1. The van der Waals surface area contributed by atoms with Crippen LogP contribution in [-0.4, -0.2) is 11.2 Å². The molecule has 1 aromatic heterocycles. The zero-order chi connectivity index (χ0) is 17.9. The van der Waals surface area contributed by atoms with Gasteiger partial charge in [0.05, 0.1) is 4.53 Å². The Morgan fingerprint density at radius 1 is 1.08 bits per heavy atom. The second kappa shape index (κ2) is 7.43. The predicted molar refractivity (Wildman–Crippen MR) is 111 cm³/mol. The molecule has 0 bridgehead atoms. The maximum atomic E-state index is 12.7. The molecular weight excluding hydrogens is 410 g/mol. The quantitative estimate of drug-likeness (QED) is 0.645. The maximum Gasteiger partial charge on any atom is 0.271 e. The van der Waals surface area contributed by atoms with Crippen LogP contribution in [0.1, 0.15) is 5.56 Å². The molecule has 0 amide bonds. The minimum atomic E-state index is 0.00766. The summed E-state index contributed by atoms with van der Waals surface area (Å²) in [5.41, 5.74) is 2.17. The van der Waals surface area contributed by atoms with Gasteiger partial charge < -0.3 is 4.90 Å². The first-order valence-corrected chi connectivity index (χ1v) is 9.80. The summed E-state index contributed by atoms with van der Waals surface area (Å²) in [4.78, 5) is 20.1. The summed E-state index contributed by atoms with van der Waals surface area (Å²) < 4.78 is 3.47. The highest BCUT2D eigenvalue weighted by atomic mass is 79.9. The van der Waals surface area contributed by atoms with Crippen LogP contribution in [0, 0.1) is 0 Å². The zero-order valence-electron chi connectivity index (χ0n) is 13.9. The third-order valence-corrected chi connectivity index (χ3v) is 5.70. The van der Waals surface area contributed by atoms with E-state index in [2.05, 4.69) is 25.8 Å². The Balaban J connectivity index is 1.61. The number of aromatic nitrogens is 1. The summed E-state index contributed by atoms with van der Waals surface area (Å²) in [5, 5.41) is 0. The van der Waals surface area contributed by atoms with E-state index >= 15 is 0 Å². The molecule has 2 heterocycles. The molecule has 0 spiro atoms. The Bertz CT molecular complexity index is 1110. The van der Waals surface area contributed by atoms with E-state index in [0.29, 0.717) is 17.9 Å². The van der Waals surface area contributed by atoms with Gasteiger partial charge >= 0.3 is 0 Å². The lowest BCUT2D eigenvalue weighted by atomic mass is 10.2. The Morgan fingerprint density at radius 3 is 2.62 bits per heavy atom. The third kappa shape index (κ3) is 3.57. The van der Waals surface area contributed by atoms with Gasteiger partial charge in [-0.3, -0.25) is 9.36 Å². The van der Waals surface area contributed by atoms with Crippen LogP contribution in [0.5, 0.6) is 0 Å². The van der Waals surface area contributed by atoms with E-state index in [-0.39, 0.29) is 5.56 Å². The van der Waals surface area contributed by atoms with Crippen molar-refractivity contribution in [1.82, 2.24) is 4.57 Å². The normalized spacial score (nSPS) is 14.5. The van der Waals surface area contributed by atoms with Crippen LogP contribution in [0.3, 0.4) is 0 Å². The molecule has 0 unspecified atom stereocenters. The number of allylic oxidation sites excluding steroid dienone is 1. The smallest absolute Gasteiger partial charge is 0.271 e. The minimum Gasteiger partial charge on any atom is -0.334 e. The molecule has 6 heteroatoms. The highest BCUT2D eigenvalue weighted by molar-refractivity contribution is 9.10. The van der Waals surface area contributed by atoms with Gasteiger partial charge in [-0.05, 0) is 35.9 Å². The number of benzene rings is 2. The summed E-state index contributed by atoms with van der Waals surface area (Å²) >= 11 is 4.88. The lowest BCUT2D eigenvalue weighted by Crippen LogP contribution is -2.42. The molecule has 3 aromatic rings. The first-order valence-electron chi connectivity index (χ1n) is 8.19. The summed E-state index contributed by atoms with van der Waals surface area (Å²) in [7, 11) is 0. The largest absolute Gasteiger partial charge is 0.334 e. The van der Waals surface area contributed by atoms with Crippen LogP contribution < -0.4 is 19.8 Å². The lowest BCUT2D eigenvalue weighted by Gasteiger charge is -2.25. The van der Waals surface area contributed by atoms with Crippen molar-refractivity contribution in [3.8, 4) is 0 Å². The van der Waals surface area contributed by atoms with E-state index in [1.54, 1.807) is 4.57 Å². The number of halogens is 1. The SMILES string of the molecule is O=c1c(=CC=Cc2ccccc2)sc2n1CN(c1ccc(Br)cc1)CN=2. The number of hydrogen-bond acceptors (Lipinski definition) is 4. The number of rotatable bonds is 3. The van der Waals surface area contributed by atoms with E-state index in [1.807, 2.05) is 72.8 Å². The van der Waals surface area contributed by atoms with Crippen molar-refractivity contribution in [3.63, 3.8) is 0 Å². The van der Waals surface area contributed by atoms with Gasteiger partial charge in [0.2, 0.25) is 0 Å². The van der Waals surface area contributed by atoms with E-state index in [4.69, 9.17) is 0 Å². The molecule has 26 heavy (non-hydrogen) atoms. The van der Waals surface area contributed by atoms with E-state index in [1.165, 1.54) is 11.3 Å². The van der Waals surface area contributed by atoms with Crippen molar-refractivity contribution in [1.29, 1.82) is 0 Å². The molecular formula is C20H16BrN3OS. The molecule has 2 aromatic carbocycles. The number of anilines is 1. The highest BCUT2D eigenvalue weighted by Gasteiger charge is 2.15. The monoisotopic (exact) mass is 425 g/mol. The second-order valence-electron chi connectivity index (χ2n) is 5.88. The summed E-state index contributed by atoms with van der Waals surface area (Å²) in [5.74, 6) is 0. The molecule has 0 fully saturated rings. The number of hydrogen-bond donors (Lipinski definition) is 0. The van der Waals surface area contributed by atoms with Crippen LogP contribution in [0.2, 0.25) is 0 Å². The summed E-state index contributed by atoms with van der Waals surface area (Å²) in [6, 6.07) is 18.1. The van der Waals surface area contributed by atoms with Crippen LogP contribution in [0.15, 0.2) is 74.9 Å². The second-order valence-corrected chi connectivity index (χ2v) is 7.80. The zero-order valence-corrected chi connectivity index (χ0v) is 16.3. The predicted octanol–water partition coefficient (Wildman–Crippen LogP) is 3.22. The summed E-state index contributed by atoms with van der Waals surface area (Å²) in [6.45, 7) is 1.08. The van der Waals surface area contributed by atoms with Gasteiger partial charge in [-0.25, -0.2) is 4.99 Å². The first-order chi connectivity index (χ1) is 12.7. The van der Waals surface area contributed by atoms with Gasteiger partial charge in [-0.1, -0.05) is 69.8 Å². The Kier molecular flexibility index (Phi) is 4.86. The molecule has 1 aliphatic rings. The van der Waals surface area contributed by atoms with Crippen molar-refractivity contribution in [2.24, 2.45) is 4.99 Å². The van der Waals surface area contributed by atoms with Crippen molar-refractivity contribution in [3.05, 3.63) is 90.4 Å². The lowest BCUT2D eigenvalue weighted by molar-refractivity contribution is 0.569. The van der Waals surface area contributed by atoms with Crippen LogP contribution in [-0.2, 0) is 6.67 Å². The average molecular weight is 426 g/mol. The van der Waals surface area contributed by atoms with Gasteiger partial charge in [-0.15, -0.1) is 0 Å². The van der Waals surface area contributed by atoms with Crippen LogP contribution in [0.25, 0.3) is 12.2 Å². The van der Waals surface area contributed by atoms with E-state index < -0.39 is 0 Å². The Hall–Kier alpha value is -2.44. The van der Waals surface area contributed by atoms with Gasteiger partial charge in [-0.2, -0.15) is 0 Å². The molecule has 0 atom stereocenters. The van der Waals surface area contributed by atoms with E-state index in [0.717, 1.165) is 20.5 Å². The van der Waals surface area contributed by atoms with Crippen molar-refractivity contribution in [2.45, 2.75) is 6.67 Å². The molecule has 1 aliphatic heterocycles. The van der Waals surface area contributed by atoms with Crippen molar-refractivity contribution < 1.29 is 0 Å². The molecule has 0 saturated heterocycles. The standard InChI is InChI=1S/C20H16BrN3OS/c21-16-9-11-17(12-10-16)23-13-22-20-24(14-23)19(25)18(26-20)8-4-7-15-5-2-1-3-6-15/h1-12H,13-14H2. The fourth-order valence-electron chi connectivity index (χ4n) is 2.75. The summed E-state index contributed by atoms with van der Waals surface area (Å²) in [6.07, 6.45) is 5.78. The van der Waals surface area contributed by atoms with E-state index in [9.17, 15) is 4.79 Å². The Labute approximate surface area is 163 Å². The minimum absolute atomic E-state index is 0.00766. The van der Waals surface area contributed by atoms with Crippen molar-refractivity contribution >= 4 is 45.1 Å². The average Bonchev–Trinajstić information content (AvgIpc) is 2.99. The van der Waals surface area contributed by atoms with Gasteiger partial charge in [0.1, 0.15) is 13.3 Å². The third-order valence-electron chi connectivity index (χ3n) is 4.10.